The minimum Gasteiger partial charge on any atom is -0.481 e. The second-order valence-electron chi connectivity index (χ2n) is 21.9. The largest absolute Gasteiger partial charge is 0.481 e. The van der Waals surface area contributed by atoms with E-state index in [0.29, 0.717) is 6.42 Å². The number of aliphatic carboxylic acids is 2. The topological polar surface area (TPSA) is 305 Å². The summed E-state index contributed by atoms with van der Waals surface area (Å²) in [4.78, 5) is 137. The number of hydrogen-bond acceptors (Lipinski definition) is 11. The predicted molar refractivity (Wildman–Crippen MR) is 276 cm³/mol. The van der Waals surface area contributed by atoms with Gasteiger partial charge in [0.2, 0.25) is 41.4 Å². The summed E-state index contributed by atoms with van der Waals surface area (Å²) in [5.74, 6) is -10.8. The molecule has 0 unspecified atom stereocenters. The molecule has 1 saturated heterocycles. The van der Waals surface area contributed by atoms with Crippen LogP contribution in [0.15, 0.2) is 0 Å². The van der Waals surface area contributed by atoms with Crippen molar-refractivity contribution in [2.45, 2.75) is 247 Å². The van der Waals surface area contributed by atoms with Gasteiger partial charge in [0.15, 0.2) is 0 Å². The van der Waals surface area contributed by atoms with Gasteiger partial charge in [-0.2, -0.15) is 0 Å². The molecule has 7 amide bonds. The van der Waals surface area contributed by atoms with Crippen molar-refractivity contribution in [3.8, 4) is 0 Å². The van der Waals surface area contributed by atoms with Gasteiger partial charge in [0.25, 0.3) is 0 Å². The van der Waals surface area contributed by atoms with Gasteiger partial charge in [0.05, 0.1) is 12.8 Å². The second-order valence-corrected chi connectivity index (χ2v) is 21.9. The highest BCUT2D eigenvalue weighted by Gasteiger charge is 2.37. The number of carboxylic acids is 2. The number of ether oxygens (including phenoxy) is 1. The van der Waals surface area contributed by atoms with Crippen molar-refractivity contribution >= 4 is 59.3 Å². The Hall–Kier alpha value is -5.30. The lowest BCUT2D eigenvalue weighted by Crippen LogP contribution is -2.61. The summed E-state index contributed by atoms with van der Waals surface area (Å²) in [6.45, 7) is 19.8. The van der Waals surface area contributed by atoms with Crippen molar-refractivity contribution in [3.63, 3.8) is 0 Å². The van der Waals surface area contributed by atoms with Gasteiger partial charge in [-0.15, -0.1) is 0 Å². The average molecular weight is 1040 g/mol. The van der Waals surface area contributed by atoms with Gasteiger partial charge in [-0.3, -0.25) is 43.2 Å². The monoisotopic (exact) mass is 1040 g/mol. The molecular weight excluding hydrogens is 943 g/mol. The Morgan fingerprint density at radius 1 is 0.466 bits per heavy atom. The van der Waals surface area contributed by atoms with Crippen LogP contribution >= 0.6 is 0 Å². The first-order valence-corrected chi connectivity index (χ1v) is 27.0. The van der Waals surface area contributed by atoms with E-state index in [1.165, 1.54) is 19.3 Å². The summed E-state index contributed by atoms with van der Waals surface area (Å²) in [6.07, 6.45) is 7.52. The van der Waals surface area contributed by atoms with Gasteiger partial charge in [-0.25, -0.2) is 4.79 Å². The van der Waals surface area contributed by atoms with E-state index in [1.807, 2.05) is 13.8 Å². The number of carbonyl (C=O) groups excluding carboxylic acids is 8. The van der Waals surface area contributed by atoms with Crippen LogP contribution in [0, 0.1) is 29.6 Å². The van der Waals surface area contributed by atoms with Gasteiger partial charge < -0.3 is 52.2 Å². The van der Waals surface area contributed by atoms with Crippen LogP contribution in [-0.4, -0.2) is 118 Å². The lowest BCUT2D eigenvalue weighted by atomic mass is 9.98. The van der Waals surface area contributed by atoms with E-state index in [2.05, 4.69) is 44.1 Å². The van der Waals surface area contributed by atoms with Crippen LogP contribution in [0.1, 0.15) is 198 Å². The van der Waals surface area contributed by atoms with E-state index >= 15 is 0 Å². The number of carboxylic acid groups (broad SMARTS) is 2. The smallest absolute Gasteiger partial charge is 0.328 e. The Morgan fingerprint density at radius 2 is 0.849 bits per heavy atom. The molecule has 20 nitrogen and oxygen atoms in total. The lowest BCUT2D eigenvalue weighted by Gasteiger charge is -2.29. The van der Waals surface area contributed by atoms with Crippen molar-refractivity contribution in [3.05, 3.63) is 0 Å². The number of amides is 7. The second kappa shape index (κ2) is 35.0. The Kier molecular flexibility index (Phi) is 31.5. The van der Waals surface area contributed by atoms with Crippen molar-refractivity contribution in [2.24, 2.45) is 29.6 Å². The predicted octanol–water partition coefficient (Wildman–Crippen LogP) is 5.19. The molecule has 20 heteroatoms. The van der Waals surface area contributed by atoms with Crippen molar-refractivity contribution in [1.29, 1.82) is 0 Å². The van der Waals surface area contributed by atoms with Crippen molar-refractivity contribution in [2.75, 3.05) is 0 Å². The maximum atomic E-state index is 14.2. The maximum Gasteiger partial charge on any atom is 0.328 e. The van der Waals surface area contributed by atoms with E-state index < -0.39 is 133 Å². The quantitative estimate of drug-likeness (QED) is 0.0421. The molecule has 0 spiro atoms. The molecule has 9 N–H and O–H groups in total. The third-order valence-electron chi connectivity index (χ3n) is 12.5. The van der Waals surface area contributed by atoms with E-state index in [4.69, 9.17) is 4.74 Å². The molecule has 8 atom stereocenters. The number of esters is 1. The van der Waals surface area contributed by atoms with Crippen LogP contribution in [0.5, 0.6) is 0 Å². The number of unbranched alkanes of at least 4 members (excludes halogenated alkanes) is 9. The molecule has 73 heavy (non-hydrogen) atoms. The van der Waals surface area contributed by atoms with E-state index in [1.54, 1.807) is 55.4 Å². The first-order chi connectivity index (χ1) is 34.2. The molecule has 1 rings (SSSR count). The summed E-state index contributed by atoms with van der Waals surface area (Å²) >= 11 is 0. The number of hydrogen-bond donors (Lipinski definition) is 9. The Balaban J connectivity index is 3.94. The Morgan fingerprint density at radius 3 is 1.27 bits per heavy atom. The van der Waals surface area contributed by atoms with E-state index in [-0.39, 0.29) is 62.2 Å². The number of cyclic esters (lactones) is 1. The normalized spacial score (nSPS) is 23.9. The zero-order valence-corrected chi connectivity index (χ0v) is 45.8. The van der Waals surface area contributed by atoms with Gasteiger partial charge in [-0.1, -0.05) is 134 Å². The molecule has 1 heterocycles. The fourth-order valence-corrected chi connectivity index (χ4v) is 8.62. The molecule has 0 saturated carbocycles. The SMILES string of the molecule is CCCCCCCCCCCC[C@@H]1CC(=O)N[C@@H](CCC(=O)O)C(=O)N[C@@H](CC(C)C)C(=O)N[C@@H](CC(C)C)C(=O)N[C@@H](C(C)C)C(=O)N[C@@H](CC(=O)O)C(=O)N[C@@H](CC(C)C)C(=O)N[C@@H](CC(C)C)C(=O)O1. The molecule has 0 aromatic rings. The highest BCUT2D eigenvalue weighted by atomic mass is 16.5. The first-order valence-electron chi connectivity index (χ1n) is 27.0. The summed E-state index contributed by atoms with van der Waals surface area (Å²) in [5, 5.41) is 37.9. The molecule has 1 aliphatic heterocycles. The fraction of sp³-hybridized carbons (Fsp3) is 0.811. The van der Waals surface area contributed by atoms with Crippen LogP contribution in [0.2, 0.25) is 0 Å². The van der Waals surface area contributed by atoms with E-state index in [0.717, 1.165) is 38.5 Å². The highest BCUT2D eigenvalue weighted by molar-refractivity contribution is 5.98. The summed E-state index contributed by atoms with van der Waals surface area (Å²) < 4.78 is 6.04. The Labute approximate surface area is 434 Å². The summed E-state index contributed by atoms with van der Waals surface area (Å²) in [5.41, 5.74) is 0. The van der Waals surface area contributed by atoms with Crippen LogP contribution in [-0.2, 0) is 52.7 Å². The number of rotatable bonds is 25. The summed E-state index contributed by atoms with van der Waals surface area (Å²) in [7, 11) is 0. The molecule has 0 bridgehead atoms. The summed E-state index contributed by atoms with van der Waals surface area (Å²) in [6, 6.07) is -9.64. The minimum absolute atomic E-state index is 0.0403. The third kappa shape index (κ3) is 28.1. The molecule has 0 radical (unpaired) electrons. The number of nitrogens with one attached hydrogen (secondary N) is 7. The van der Waals surface area contributed by atoms with Crippen LogP contribution in [0.25, 0.3) is 0 Å². The van der Waals surface area contributed by atoms with Gasteiger partial charge in [0.1, 0.15) is 48.4 Å². The zero-order valence-electron chi connectivity index (χ0n) is 45.8. The minimum atomic E-state index is -1.72. The molecule has 0 aromatic carbocycles. The molecule has 0 aliphatic carbocycles. The van der Waals surface area contributed by atoms with Crippen molar-refractivity contribution < 1.29 is 62.9 Å². The van der Waals surface area contributed by atoms with Gasteiger partial charge in [-0.05, 0) is 74.5 Å². The van der Waals surface area contributed by atoms with Crippen molar-refractivity contribution in [1.82, 2.24) is 37.2 Å². The van der Waals surface area contributed by atoms with E-state index in [9.17, 15) is 58.2 Å². The molecule has 1 fully saturated rings. The number of carbonyl (C=O) groups is 10. The molecule has 0 aromatic heterocycles. The average Bonchev–Trinajstić information content (AvgIpc) is 3.27. The molecular formula is C53H93N7O13. The maximum absolute atomic E-state index is 14.2. The first kappa shape index (κ1) is 65.7. The van der Waals surface area contributed by atoms with Crippen LogP contribution in [0.4, 0.5) is 0 Å². The van der Waals surface area contributed by atoms with Gasteiger partial charge in [0, 0.05) is 6.42 Å². The standard InChI is InChI=1S/C53H93N7O13/c1-12-13-14-15-16-17-18-19-20-21-22-36-29-43(61)54-37(23-24-44(62)63)47(66)55-38(25-31(2)3)48(67)57-40(27-33(6)7)51(70)60-46(35(10)11)52(71)58-41(30-45(64)65)50(69)56-39(26-32(4)5)49(68)59-42(28-34(8)9)53(72)73-36/h31-42,46H,12-30H2,1-11H3,(H,54,61)(H,55,66)(H,56,69)(H,57,67)(H,58,71)(H,59,68)(H,60,70)(H,62,63)(H,64,65)/t36-,37+,38+,39+,40+,41+,42+,46+/m1/s1. The lowest BCUT2D eigenvalue weighted by molar-refractivity contribution is -0.155. The van der Waals surface area contributed by atoms with Gasteiger partial charge >= 0.3 is 17.9 Å². The molecule has 418 valence electrons. The Bertz CT molecular complexity index is 1790. The van der Waals surface area contributed by atoms with Crippen LogP contribution < -0.4 is 37.2 Å². The fourth-order valence-electron chi connectivity index (χ4n) is 8.62. The third-order valence-corrected chi connectivity index (χ3v) is 12.5. The van der Waals surface area contributed by atoms with Crippen LogP contribution in [0.3, 0.4) is 0 Å². The molecule has 1 aliphatic rings. The zero-order chi connectivity index (χ0) is 55.4. The highest BCUT2D eigenvalue weighted by Crippen LogP contribution is 2.19.